The van der Waals surface area contributed by atoms with Crippen molar-refractivity contribution >= 4 is 15.9 Å². The summed E-state index contributed by atoms with van der Waals surface area (Å²) < 4.78 is 5.81. The summed E-state index contributed by atoms with van der Waals surface area (Å²) in [4.78, 5) is 0. The van der Waals surface area contributed by atoms with Crippen LogP contribution >= 0.6 is 15.9 Å². The van der Waals surface area contributed by atoms with Crippen LogP contribution in [0.25, 0.3) is 0 Å². The van der Waals surface area contributed by atoms with Crippen LogP contribution in [-0.2, 0) is 6.42 Å². The second-order valence-corrected chi connectivity index (χ2v) is 3.39. The highest BCUT2D eigenvalue weighted by molar-refractivity contribution is 9.10. The quantitative estimate of drug-likeness (QED) is 0.725. The normalized spacial score (nSPS) is 10.4. The average molecular weight is 218 g/mol. The lowest BCUT2D eigenvalue weighted by Gasteiger charge is -1.91. The molecule has 0 saturated carbocycles. The molecule has 11 heavy (non-hydrogen) atoms. The average Bonchev–Trinajstić information content (AvgIpc) is 2.37. The third-order valence-electron chi connectivity index (χ3n) is 1.56. The van der Waals surface area contributed by atoms with Crippen LogP contribution in [0.3, 0.4) is 0 Å². The number of aromatic nitrogens is 1. The molecule has 1 aromatic rings. The van der Waals surface area contributed by atoms with E-state index >= 15 is 0 Å². The molecule has 0 spiro atoms. The minimum atomic E-state index is 0.795. The molecule has 0 fully saturated rings. The molecule has 0 atom stereocenters. The van der Waals surface area contributed by atoms with Crippen LogP contribution < -0.4 is 0 Å². The lowest BCUT2D eigenvalue weighted by Crippen LogP contribution is -1.80. The predicted molar refractivity (Wildman–Crippen MR) is 47.4 cm³/mol. The van der Waals surface area contributed by atoms with Crippen molar-refractivity contribution in [3.63, 3.8) is 0 Å². The molecule has 0 aromatic carbocycles. The summed E-state index contributed by atoms with van der Waals surface area (Å²) in [6, 6.07) is 1.93. The van der Waals surface area contributed by atoms with E-state index in [1.54, 1.807) is 0 Å². The Hall–Kier alpha value is -0.310. The summed E-state index contributed by atoms with van der Waals surface area (Å²) in [7, 11) is 0. The fourth-order valence-electron chi connectivity index (χ4n) is 0.955. The zero-order chi connectivity index (χ0) is 8.10. The Kier molecular flexibility index (Phi) is 3.63. The van der Waals surface area contributed by atoms with Gasteiger partial charge in [-0.1, -0.05) is 24.9 Å². The highest BCUT2D eigenvalue weighted by Crippen LogP contribution is 2.12. The van der Waals surface area contributed by atoms with Crippen LogP contribution in [0.1, 0.15) is 31.9 Å². The number of rotatable bonds is 4. The number of aryl methyl sites for hydroxylation is 1. The van der Waals surface area contributed by atoms with Gasteiger partial charge in [-0.05, 0) is 22.4 Å². The van der Waals surface area contributed by atoms with Crippen molar-refractivity contribution in [1.82, 2.24) is 5.16 Å². The maximum Gasteiger partial charge on any atom is 0.149 e. The summed E-state index contributed by atoms with van der Waals surface area (Å²) >= 11 is 3.24. The molecule has 1 aromatic heterocycles. The molecule has 0 bridgehead atoms. The monoisotopic (exact) mass is 217 g/mol. The molecular formula is C8H12BrNO. The topological polar surface area (TPSA) is 26.0 Å². The molecule has 0 radical (unpaired) electrons. The molecule has 0 saturated heterocycles. The van der Waals surface area contributed by atoms with Crippen molar-refractivity contribution in [1.29, 1.82) is 0 Å². The number of hydrogen-bond donors (Lipinski definition) is 0. The number of unbranched alkanes of at least 4 members (excludes halogenated alkanes) is 2. The molecule has 62 valence electrons. The molecule has 0 amide bonds. The van der Waals surface area contributed by atoms with Gasteiger partial charge in [0.25, 0.3) is 0 Å². The van der Waals surface area contributed by atoms with Gasteiger partial charge in [0.15, 0.2) is 0 Å². The first-order valence-electron chi connectivity index (χ1n) is 3.94. The standard InChI is InChI=1S/C8H12BrNO/c1-2-3-4-5-7-6-8(9)10-11-7/h6H,2-5H2,1H3. The van der Waals surface area contributed by atoms with Crippen LogP contribution in [0.4, 0.5) is 0 Å². The Balaban J connectivity index is 2.27. The summed E-state index contributed by atoms with van der Waals surface area (Å²) in [6.07, 6.45) is 4.71. The Morgan fingerprint density at radius 3 is 2.91 bits per heavy atom. The number of hydrogen-bond acceptors (Lipinski definition) is 2. The SMILES string of the molecule is CCCCCc1cc(Br)no1. The second-order valence-electron chi connectivity index (χ2n) is 2.57. The van der Waals surface area contributed by atoms with Crippen LogP contribution in [0.2, 0.25) is 0 Å². The van der Waals surface area contributed by atoms with E-state index in [-0.39, 0.29) is 0 Å². The van der Waals surface area contributed by atoms with Gasteiger partial charge in [0.1, 0.15) is 10.4 Å². The van der Waals surface area contributed by atoms with Gasteiger partial charge in [-0.3, -0.25) is 0 Å². The van der Waals surface area contributed by atoms with Crippen molar-refractivity contribution in [2.45, 2.75) is 32.6 Å². The summed E-state index contributed by atoms with van der Waals surface area (Å²) in [6.45, 7) is 2.19. The molecule has 0 aliphatic rings. The van der Waals surface area contributed by atoms with Gasteiger partial charge < -0.3 is 4.52 Å². The van der Waals surface area contributed by atoms with Gasteiger partial charge in [0.2, 0.25) is 0 Å². The fourth-order valence-corrected chi connectivity index (χ4v) is 1.28. The largest absolute Gasteiger partial charge is 0.360 e. The van der Waals surface area contributed by atoms with Crippen LogP contribution in [0.15, 0.2) is 15.2 Å². The van der Waals surface area contributed by atoms with Gasteiger partial charge in [-0.15, -0.1) is 0 Å². The van der Waals surface area contributed by atoms with Crippen molar-refractivity contribution in [2.75, 3.05) is 0 Å². The molecule has 0 aliphatic heterocycles. The lowest BCUT2D eigenvalue weighted by molar-refractivity contribution is 0.376. The van der Waals surface area contributed by atoms with Gasteiger partial charge in [-0.2, -0.15) is 0 Å². The first-order chi connectivity index (χ1) is 5.33. The van der Waals surface area contributed by atoms with Crippen molar-refractivity contribution in [2.24, 2.45) is 0 Å². The van der Waals surface area contributed by atoms with E-state index in [9.17, 15) is 0 Å². The third kappa shape index (κ3) is 3.06. The zero-order valence-electron chi connectivity index (χ0n) is 6.64. The predicted octanol–water partition coefficient (Wildman–Crippen LogP) is 3.17. The zero-order valence-corrected chi connectivity index (χ0v) is 8.23. The Bertz CT molecular complexity index is 210. The Labute approximate surface area is 75.1 Å². The van der Waals surface area contributed by atoms with Crippen LogP contribution in [0.5, 0.6) is 0 Å². The van der Waals surface area contributed by atoms with Crippen LogP contribution in [-0.4, -0.2) is 5.16 Å². The smallest absolute Gasteiger partial charge is 0.149 e. The summed E-state index contributed by atoms with van der Waals surface area (Å²) in [5, 5.41) is 3.74. The molecular weight excluding hydrogens is 206 g/mol. The van der Waals surface area contributed by atoms with Crippen molar-refractivity contribution in [3.05, 3.63) is 16.4 Å². The number of nitrogens with zero attached hydrogens (tertiary/aromatic N) is 1. The van der Waals surface area contributed by atoms with E-state index in [1.807, 2.05) is 6.07 Å². The molecule has 0 unspecified atom stereocenters. The van der Waals surface area contributed by atoms with Crippen LogP contribution in [0, 0.1) is 0 Å². The van der Waals surface area contributed by atoms with E-state index in [4.69, 9.17) is 4.52 Å². The molecule has 0 N–H and O–H groups in total. The van der Waals surface area contributed by atoms with E-state index in [0.29, 0.717) is 0 Å². The molecule has 1 heterocycles. The minimum Gasteiger partial charge on any atom is -0.360 e. The number of halogens is 1. The Morgan fingerprint density at radius 2 is 2.36 bits per heavy atom. The molecule has 0 aliphatic carbocycles. The lowest BCUT2D eigenvalue weighted by atomic mass is 10.2. The molecule has 1 rings (SSSR count). The second kappa shape index (κ2) is 4.54. The summed E-state index contributed by atoms with van der Waals surface area (Å²) in [5.74, 6) is 0.977. The fraction of sp³-hybridized carbons (Fsp3) is 0.625. The highest BCUT2D eigenvalue weighted by atomic mass is 79.9. The maximum absolute atomic E-state index is 5.01. The van der Waals surface area contributed by atoms with Gasteiger partial charge in [0.05, 0.1) is 0 Å². The maximum atomic E-state index is 5.01. The highest BCUT2D eigenvalue weighted by Gasteiger charge is 1.99. The molecule has 2 nitrogen and oxygen atoms in total. The van der Waals surface area contributed by atoms with E-state index in [1.165, 1.54) is 19.3 Å². The Morgan fingerprint density at radius 1 is 1.55 bits per heavy atom. The van der Waals surface area contributed by atoms with E-state index in [0.717, 1.165) is 16.8 Å². The van der Waals surface area contributed by atoms with Crippen molar-refractivity contribution in [3.8, 4) is 0 Å². The molecule has 3 heteroatoms. The van der Waals surface area contributed by atoms with Gasteiger partial charge in [0, 0.05) is 12.5 Å². The van der Waals surface area contributed by atoms with Gasteiger partial charge in [-0.25, -0.2) is 0 Å². The minimum absolute atomic E-state index is 0.795. The van der Waals surface area contributed by atoms with E-state index in [2.05, 4.69) is 28.0 Å². The van der Waals surface area contributed by atoms with Gasteiger partial charge >= 0.3 is 0 Å². The third-order valence-corrected chi connectivity index (χ3v) is 1.93. The first-order valence-corrected chi connectivity index (χ1v) is 4.73. The van der Waals surface area contributed by atoms with E-state index < -0.39 is 0 Å². The summed E-state index contributed by atoms with van der Waals surface area (Å²) in [5.41, 5.74) is 0. The first kappa shape index (κ1) is 8.78. The van der Waals surface area contributed by atoms with Crippen molar-refractivity contribution < 1.29 is 4.52 Å².